The van der Waals surface area contributed by atoms with E-state index in [2.05, 4.69) is 15.3 Å². The molecule has 41 heavy (non-hydrogen) atoms. The van der Waals surface area contributed by atoms with Gasteiger partial charge in [0.15, 0.2) is 0 Å². The van der Waals surface area contributed by atoms with Gasteiger partial charge in [-0.3, -0.25) is 4.79 Å². The molecule has 0 aliphatic carbocycles. The third-order valence-electron chi connectivity index (χ3n) is 6.29. The van der Waals surface area contributed by atoms with Crippen LogP contribution >= 0.6 is 0 Å². The van der Waals surface area contributed by atoms with Gasteiger partial charge in [-0.15, -0.1) is 0 Å². The predicted molar refractivity (Wildman–Crippen MR) is 152 cm³/mol. The van der Waals surface area contributed by atoms with Gasteiger partial charge in [-0.05, 0) is 70.6 Å². The monoisotopic (exact) mass is 579 g/mol. The van der Waals surface area contributed by atoms with Crippen molar-refractivity contribution in [2.45, 2.75) is 18.9 Å². The number of hydrogen-bond acceptors (Lipinski definition) is 5. The number of sulfone groups is 1. The van der Waals surface area contributed by atoms with Crippen molar-refractivity contribution in [2.24, 2.45) is 0 Å². The molecule has 0 saturated heterocycles. The highest BCUT2D eigenvalue weighted by atomic mass is 32.2. The zero-order chi connectivity index (χ0) is 29.6. The van der Waals surface area contributed by atoms with Crippen LogP contribution in [-0.4, -0.2) is 53.4 Å². The van der Waals surface area contributed by atoms with Crippen molar-refractivity contribution in [3.05, 3.63) is 113 Å². The van der Waals surface area contributed by atoms with Gasteiger partial charge < -0.3 is 15.4 Å². The van der Waals surface area contributed by atoms with Gasteiger partial charge in [0.1, 0.15) is 33.3 Å². The summed E-state index contributed by atoms with van der Waals surface area (Å²) in [5.41, 5.74) is 3.24. The minimum Gasteiger partial charge on any atom is -0.480 e. The zero-order valence-corrected chi connectivity index (χ0v) is 22.8. The highest BCUT2D eigenvalue weighted by Crippen LogP contribution is 2.29. The summed E-state index contributed by atoms with van der Waals surface area (Å²) in [6.45, 7) is 0. The molecule has 3 N–H and O–H groups in total. The quantitative estimate of drug-likeness (QED) is 0.220. The fourth-order valence-electron chi connectivity index (χ4n) is 4.22. The van der Waals surface area contributed by atoms with E-state index >= 15 is 0 Å². The first-order chi connectivity index (χ1) is 19.5. The highest BCUT2D eigenvalue weighted by molar-refractivity contribution is 7.90. The molecule has 0 aliphatic rings. The number of H-pyrrole nitrogens is 1. The Bertz CT molecular complexity index is 1670. The second-order valence-electron chi connectivity index (χ2n) is 9.48. The molecule has 0 fully saturated rings. The lowest BCUT2D eigenvalue weighted by atomic mass is 9.94. The number of carbonyl (C=O) groups excluding carboxylic acids is 1. The number of aromatic amines is 1. The van der Waals surface area contributed by atoms with Crippen molar-refractivity contribution in [1.29, 1.82) is 0 Å². The van der Waals surface area contributed by atoms with E-state index in [0.717, 1.165) is 17.4 Å². The molecule has 0 spiro atoms. The van der Waals surface area contributed by atoms with Gasteiger partial charge >= 0.3 is 5.97 Å². The summed E-state index contributed by atoms with van der Waals surface area (Å²) >= 11 is 0. The Balaban J connectivity index is 1.75. The van der Waals surface area contributed by atoms with Crippen molar-refractivity contribution in [2.75, 3.05) is 12.0 Å². The molecule has 11 heteroatoms. The van der Waals surface area contributed by atoms with Gasteiger partial charge in [0, 0.05) is 30.6 Å². The van der Waals surface area contributed by atoms with Crippen LogP contribution in [0.15, 0.2) is 79.1 Å². The Hall–Kier alpha value is -4.64. The number of aromatic nitrogens is 2. The number of halogens is 2. The number of allylic oxidation sites excluding steroid dienone is 1. The molecule has 4 rings (SSSR count). The van der Waals surface area contributed by atoms with Gasteiger partial charge in [-0.2, -0.15) is 0 Å². The number of aliphatic carboxylic acids is 1. The van der Waals surface area contributed by atoms with Crippen LogP contribution in [0.4, 0.5) is 8.78 Å². The standard InChI is InChI=1S/C30H27F2N3O5S/c1-41(39,40)15-12-27(30(37)38)35-29(36)25-11-2-19(17-26(25)21-5-9-24(32)10-6-21)16-22(18-28-33-13-14-34-28)20-3-7-23(31)8-4-20/h2-11,13-14,16-17,27H,12,15,18H2,1H3,(H,33,34)(H,35,36)(H,37,38)/t27-/m0/s1. The fraction of sp³-hybridized carbons (Fsp3) is 0.167. The number of amides is 1. The molecule has 0 bridgehead atoms. The van der Waals surface area contributed by atoms with Crippen LogP contribution in [-0.2, 0) is 21.1 Å². The second-order valence-corrected chi connectivity index (χ2v) is 11.7. The first-order valence-electron chi connectivity index (χ1n) is 12.5. The van der Waals surface area contributed by atoms with Crippen LogP contribution in [0, 0.1) is 11.6 Å². The minimum absolute atomic E-state index is 0.119. The first kappa shape index (κ1) is 29.3. The van der Waals surface area contributed by atoms with E-state index in [1.807, 2.05) is 6.08 Å². The van der Waals surface area contributed by atoms with Crippen molar-refractivity contribution in [1.82, 2.24) is 15.3 Å². The molecular formula is C30H27F2N3O5S. The van der Waals surface area contributed by atoms with Crippen LogP contribution in [0.5, 0.6) is 0 Å². The summed E-state index contributed by atoms with van der Waals surface area (Å²) in [7, 11) is -3.45. The topological polar surface area (TPSA) is 129 Å². The number of nitrogens with one attached hydrogen (secondary N) is 2. The summed E-state index contributed by atoms with van der Waals surface area (Å²) in [4.78, 5) is 32.4. The normalized spacial score (nSPS) is 12.6. The number of nitrogens with zero attached hydrogens (tertiary/aromatic N) is 1. The van der Waals surface area contributed by atoms with Crippen molar-refractivity contribution in [3.8, 4) is 11.1 Å². The van der Waals surface area contributed by atoms with Crippen LogP contribution in [0.1, 0.15) is 33.7 Å². The number of carbonyl (C=O) groups is 2. The summed E-state index contributed by atoms with van der Waals surface area (Å²) in [5.74, 6) is -2.68. The molecule has 8 nitrogen and oxygen atoms in total. The minimum atomic E-state index is -3.45. The van der Waals surface area contributed by atoms with Crippen molar-refractivity contribution < 1.29 is 31.9 Å². The van der Waals surface area contributed by atoms with E-state index < -0.39 is 39.3 Å². The molecule has 0 radical (unpaired) electrons. The van der Waals surface area contributed by atoms with Crippen molar-refractivity contribution >= 4 is 33.4 Å². The molecule has 1 atom stereocenters. The van der Waals surface area contributed by atoms with Crippen LogP contribution in [0.25, 0.3) is 22.8 Å². The fourth-order valence-corrected chi connectivity index (χ4v) is 4.88. The van der Waals surface area contributed by atoms with Crippen LogP contribution in [0.3, 0.4) is 0 Å². The Morgan fingerprint density at radius 1 is 1.02 bits per heavy atom. The van der Waals surface area contributed by atoms with Crippen molar-refractivity contribution in [3.63, 3.8) is 0 Å². The predicted octanol–water partition coefficient (Wildman–Crippen LogP) is 4.76. The number of carboxylic acid groups (broad SMARTS) is 1. The van der Waals surface area contributed by atoms with E-state index in [1.54, 1.807) is 36.7 Å². The lowest BCUT2D eigenvalue weighted by molar-refractivity contribution is -0.139. The third kappa shape index (κ3) is 8.18. The summed E-state index contributed by atoms with van der Waals surface area (Å²) < 4.78 is 50.5. The zero-order valence-electron chi connectivity index (χ0n) is 22.0. The molecule has 1 amide bonds. The van der Waals surface area contributed by atoms with E-state index in [9.17, 15) is 31.9 Å². The molecule has 0 unspecified atom stereocenters. The molecule has 3 aromatic carbocycles. The molecule has 0 saturated carbocycles. The maximum absolute atomic E-state index is 13.7. The van der Waals surface area contributed by atoms with Gasteiger partial charge in [0.05, 0.1) is 5.75 Å². The maximum atomic E-state index is 13.7. The number of hydrogen-bond donors (Lipinski definition) is 3. The smallest absolute Gasteiger partial charge is 0.326 e. The molecule has 1 aromatic heterocycles. The lowest BCUT2D eigenvalue weighted by Gasteiger charge is -2.17. The Kier molecular flexibility index (Phi) is 9.08. The molecule has 212 valence electrons. The van der Waals surface area contributed by atoms with Gasteiger partial charge in [-0.25, -0.2) is 27.0 Å². The van der Waals surface area contributed by atoms with E-state index in [-0.39, 0.29) is 17.8 Å². The average Bonchev–Trinajstić information content (AvgIpc) is 3.44. The Morgan fingerprint density at radius 3 is 2.27 bits per heavy atom. The summed E-state index contributed by atoms with van der Waals surface area (Å²) in [6, 6.07) is 14.9. The third-order valence-corrected chi connectivity index (χ3v) is 7.27. The second kappa shape index (κ2) is 12.7. The molecule has 0 aliphatic heterocycles. The lowest BCUT2D eigenvalue weighted by Crippen LogP contribution is -2.42. The van der Waals surface area contributed by atoms with Crippen LogP contribution < -0.4 is 5.32 Å². The number of carboxylic acids is 1. The van der Waals surface area contributed by atoms with E-state index in [1.165, 1.54) is 42.5 Å². The average molecular weight is 580 g/mol. The van der Waals surface area contributed by atoms with Gasteiger partial charge in [0.2, 0.25) is 0 Å². The van der Waals surface area contributed by atoms with Gasteiger partial charge in [0.25, 0.3) is 5.91 Å². The maximum Gasteiger partial charge on any atom is 0.326 e. The van der Waals surface area contributed by atoms with Crippen LogP contribution in [0.2, 0.25) is 0 Å². The SMILES string of the molecule is CS(=O)(=O)CC[C@H](NC(=O)c1ccc(C=C(Cc2ncc[nH]2)c2ccc(F)cc2)cc1-c1ccc(F)cc1)C(=O)O. The Morgan fingerprint density at radius 2 is 1.68 bits per heavy atom. The van der Waals surface area contributed by atoms with E-state index in [0.29, 0.717) is 28.9 Å². The summed E-state index contributed by atoms with van der Waals surface area (Å²) in [6.07, 6.45) is 6.25. The molecule has 4 aromatic rings. The number of rotatable bonds is 11. The Labute approximate surface area is 235 Å². The van der Waals surface area contributed by atoms with E-state index in [4.69, 9.17) is 0 Å². The highest BCUT2D eigenvalue weighted by Gasteiger charge is 2.24. The molecule has 1 heterocycles. The first-order valence-corrected chi connectivity index (χ1v) is 14.6. The number of imidazole rings is 1. The number of benzene rings is 3. The summed E-state index contributed by atoms with van der Waals surface area (Å²) in [5, 5.41) is 12.0. The van der Waals surface area contributed by atoms with Gasteiger partial charge in [-0.1, -0.05) is 36.4 Å². The molecular weight excluding hydrogens is 552 g/mol. The largest absolute Gasteiger partial charge is 0.480 e.